The number of carbonyl (C=O) groups excluding carboxylic acids is 2. The van der Waals surface area contributed by atoms with E-state index in [1.165, 1.54) is 0 Å². The molecule has 0 aromatic carbocycles. The van der Waals surface area contributed by atoms with Gasteiger partial charge in [0, 0.05) is 12.8 Å². The molecule has 2 saturated carbocycles. The highest BCUT2D eigenvalue weighted by Gasteiger charge is 2.65. The van der Waals surface area contributed by atoms with Crippen LogP contribution in [0.1, 0.15) is 59.3 Å². The lowest BCUT2D eigenvalue weighted by atomic mass is 9.70. The summed E-state index contributed by atoms with van der Waals surface area (Å²) < 4.78 is 31.0. The van der Waals surface area contributed by atoms with E-state index in [4.69, 9.17) is 3.63 Å². The molecule has 2 rings (SSSR count). The third-order valence-electron chi connectivity index (χ3n) is 6.17. The number of hydrogen-bond donors (Lipinski definition) is 0. The molecule has 2 atom stereocenters. The number of carbonyl (C=O) groups is 2. The minimum atomic E-state index is -3.87. The van der Waals surface area contributed by atoms with E-state index in [-0.39, 0.29) is 34.4 Å². The van der Waals surface area contributed by atoms with Gasteiger partial charge in [0.05, 0.1) is 16.9 Å². The van der Waals surface area contributed by atoms with Crippen LogP contribution in [-0.2, 0) is 23.3 Å². The van der Waals surface area contributed by atoms with Crippen LogP contribution < -0.4 is 0 Å². The quantitative estimate of drug-likeness (QED) is 0.600. The molecule has 0 amide bonds. The molecule has 0 spiro atoms. The Morgan fingerprint density at radius 2 is 1.92 bits per heavy atom. The van der Waals surface area contributed by atoms with Crippen LogP contribution in [0, 0.1) is 16.7 Å². The maximum Gasteiger partial charge on any atom is 0.277 e. The lowest BCUT2D eigenvalue weighted by Crippen LogP contribution is -2.42. The number of ketones is 2. The van der Waals surface area contributed by atoms with E-state index in [9.17, 15) is 18.0 Å². The standard InChI is InChI=1S/C18H32O5S2/c1-6-7-8-15(19)12-24(4,5)23-25(21,22)13-18-10-9-14(11-16(18)20)17(18,2)3/h14H,6-13H2,1-5H3. The van der Waals surface area contributed by atoms with Crippen molar-refractivity contribution in [2.45, 2.75) is 59.3 Å². The van der Waals surface area contributed by atoms with Gasteiger partial charge in [-0.2, -0.15) is 8.42 Å². The number of rotatable bonds is 9. The van der Waals surface area contributed by atoms with E-state index in [0.717, 1.165) is 19.3 Å². The summed E-state index contributed by atoms with van der Waals surface area (Å²) >= 11 is 0. The molecule has 0 saturated heterocycles. The molecule has 2 aliphatic rings. The summed E-state index contributed by atoms with van der Waals surface area (Å²) in [5.74, 6) is 0.286. The second-order valence-electron chi connectivity index (χ2n) is 8.66. The zero-order valence-corrected chi connectivity index (χ0v) is 17.7. The lowest BCUT2D eigenvalue weighted by Gasteiger charge is -2.37. The zero-order chi connectivity index (χ0) is 19.1. The van der Waals surface area contributed by atoms with E-state index in [0.29, 0.717) is 19.3 Å². The van der Waals surface area contributed by atoms with Gasteiger partial charge >= 0.3 is 0 Å². The molecule has 25 heavy (non-hydrogen) atoms. The van der Waals surface area contributed by atoms with E-state index < -0.39 is 25.8 Å². The number of Topliss-reactive ketones (excluding diaryl/α,β-unsaturated/α-hetero) is 2. The first kappa shape index (κ1) is 20.9. The molecule has 5 nitrogen and oxygen atoms in total. The van der Waals surface area contributed by atoms with Gasteiger partial charge in [0.25, 0.3) is 10.1 Å². The van der Waals surface area contributed by atoms with Crippen LogP contribution in [0.4, 0.5) is 0 Å². The number of unbranched alkanes of at least 4 members (excludes halogenated alkanes) is 1. The van der Waals surface area contributed by atoms with Gasteiger partial charge < -0.3 is 0 Å². The monoisotopic (exact) mass is 392 g/mol. The van der Waals surface area contributed by atoms with E-state index >= 15 is 0 Å². The van der Waals surface area contributed by atoms with Gasteiger partial charge in [0.2, 0.25) is 0 Å². The molecule has 0 N–H and O–H groups in total. The molecular weight excluding hydrogens is 360 g/mol. The van der Waals surface area contributed by atoms with Gasteiger partial charge in [0.1, 0.15) is 11.6 Å². The van der Waals surface area contributed by atoms with Crippen LogP contribution in [0.3, 0.4) is 0 Å². The molecule has 2 fully saturated rings. The molecule has 0 heterocycles. The topological polar surface area (TPSA) is 77.5 Å². The van der Waals surface area contributed by atoms with Crippen molar-refractivity contribution in [2.75, 3.05) is 24.0 Å². The Labute approximate surface area is 153 Å². The van der Waals surface area contributed by atoms with Crippen molar-refractivity contribution in [3.8, 4) is 0 Å². The average molecular weight is 393 g/mol. The first-order chi connectivity index (χ1) is 11.4. The smallest absolute Gasteiger partial charge is 0.277 e. The normalized spacial score (nSPS) is 29.2. The third-order valence-corrected chi connectivity index (χ3v) is 10.3. The molecule has 7 heteroatoms. The van der Waals surface area contributed by atoms with E-state index in [1.54, 1.807) is 12.5 Å². The van der Waals surface area contributed by atoms with Gasteiger partial charge in [-0.1, -0.05) is 27.2 Å². The largest absolute Gasteiger partial charge is 0.299 e. The van der Waals surface area contributed by atoms with Crippen LogP contribution in [0.15, 0.2) is 0 Å². The Balaban J connectivity index is 2.09. The van der Waals surface area contributed by atoms with Crippen molar-refractivity contribution in [1.82, 2.24) is 0 Å². The molecule has 146 valence electrons. The SMILES string of the molecule is CCCCC(=O)CS(C)(C)OS(=O)(=O)CC12CCC(CC1=O)C2(C)C. The molecule has 0 radical (unpaired) electrons. The Kier molecular flexibility index (Phi) is 5.82. The minimum Gasteiger partial charge on any atom is -0.299 e. The summed E-state index contributed by atoms with van der Waals surface area (Å²) in [6.07, 6.45) is 7.64. The summed E-state index contributed by atoms with van der Waals surface area (Å²) in [5, 5.41) is 0. The number of hydrogen-bond acceptors (Lipinski definition) is 5. The Bertz CT molecular complexity index is 650. The Hall–Kier alpha value is -0.400. The van der Waals surface area contributed by atoms with Gasteiger partial charge in [0.15, 0.2) is 0 Å². The molecule has 0 aliphatic heterocycles. The predicted octanol–water partition coefficient (Wildman–Crippen LogP) is 3.47. The summed E-state index contributed by atoms with van der Waals surface area (Å²) in [7, 11) is -5.91. The van der Waals surface area contributed by atoms with E-state index in [1.807, 2.05) is 20.8 Å². The Morgan fingerprint density at radius 3 is 2.40 bits per heavy atom. The summed E-state index contributed by atoms with van der Waals surface area (Å²) in [6.45, 7) is 6.04. The average Bonchev–Trinajstić information content (AvgIpc) is 2.76. The predicted molar refractivity (Wildman–Crippen MR) is 102 cm³/mol. The first-order valence-electron chi connectivity index (χ1n) is 9.05. The fourth-order valence-electron chi connectivity index (χ4n) is 4.57. The molecule has 2 aliphatic carbocycles. The van der Waals surface area contributed by atoms with Gasteiger partial charge in [-0.05, 0) is 43.1 Å². The van der Waals surface area contributed by atoms with Crippen LogP contribution >= 0.6 is 10.3 Å². The number of fused-ring (bicyclic) bond motifs is 2. The van der Waals surface area contributed by atoms with Crippen LogP contribution in [-0.4, -0.2) is 44.0 Å². The summed E-state index contributed by atoms with van der Waals surface area (Å²) in [4.78, 5) is 24.6. The van der Waals surface area contributed by atoms with Crippen molar-refractivity contribution in [3.05, 3.63) is 0 Å². The third kappa shape index (κ3) is 4.14. The van der Waals surface area contributed by atoms with Crippen molar-refractivity contribution in [2.24, 2.45) is 16.7 Å². The molecule has 0 aromatic heterocycles. The second kappa shape index (κ2) is 6.97. The van der Waals surface area contributed by atoms with Crippen LogP contribution in [0.5, 0.6) is 0 Å². The highest BCUT2D eigenvalue weighted by atomic mass is 32.3. The van der Waals surface area contributed by atoms with Crippen molar-refractivity contribution in [3.63, 3.8) is 0 Å². The Morgan fingerprint density at radius 1 is 1.28 bits per heavy atom. The molecular formula is C18H32O5S2. The molecule has 0 aromatic rings. The van der Waals surface area contributed by atoms with Crippen LogP contribution in [0.2, 0.25) is 0 Å². The van der Waals surface area contributed by atoms with Gasteiger partial charge in [-0.15, -0.1) is 10.3 Å². The van der Waals surface area contributed by atoms with Crippen molar-refractivity contribution < 1.29 is 21.6 Å². The maximum atomic E-state index is 12.7. The maximum absolute atomic E-state index is 12.7. The minimum absolute atomic E-state index is 0.0495. The molecule has 2 bridgehead atoms. The highest BCUT2D eigenvalue weighted by Crippen LogP contribution is 2.64. The van der Waals surface area contributed by atoms with Gasteiger partial charge in [-0.25, -0.2) is 3.63 Å². The lowest BCUT2D eigenvalue weighted by molar-refractivity contribution is -0.128. The van der Waals surface area contributed by atoms with E-state index in [2.05, 4.69) is 0 Å². The zero-order valence-electron chi connectivity index (χ0n) is 16.1. The molecule has 2 unspecified atom stereocenters. The second-order valence-corrected chi connectivity index (χ2v) is 13.8. The fraction of sp³-hybridized carbons (Fsp3) is 0.889. The van der Waals surface area contributed by atoms with Crippen molar-refractivity contribution >= 4 is 32.0 Å². The highest BCUT2D eigenvalue weighted by molar-refractivity contribution is 8.32. The van der Waals surface area contributed by atoms with Crippen molar-refractivity contribution in [1.29, 1.82) is 0 Å². The van der Waals surface area contributed by atoms with Crippen LogP contribution in [0.25, 0.3) is 0 Å². The first-order valence-corrected chi connectivity index (χ1v) is 13.2. The fourth-order valence-corrected chi connectivity index (χ4v) is 9.40. The van der Waals surface area contributed by atoms with Gasteiger partial charge in [-0.3, -0.25) is 9.59 Å². The summed E-state index contributed by atoms with van der Waals surface area (Å²) in [6, 6.07) is 0. The summed E-state index contributed by atoms with van der Waals surface area (Å²) in [5.41, 5.74) is -1.13.